The molecule has 0 aliphatic carbocycles. The molecule has 0 aliphatic heterocycles. The summed E-state index contributed by atoms with van der Waals surface area (Å²) >= 11 is 3.37. The van der Waals surface area contributed by atoms with Crippen LogP contribution < -0.4 is 10.1 Å². The fourth-order valence-electron chi connectivity index (χ4n) is 3.05. The van der Waals surface area contributed by atoms with Crippen LogP contribution in [0.25, 0.3) is 22.8 Å². The lowest BCUT2D eigenvalue weighted by Crippen LogP contribution is -2.46. The summed E-state index contributed by atoms with van der Waals surface area (Å²) in [6.07, 6.45) is 1.92. The minimum Gasteiger partial charge on any atom is -0.453 e. The molecule has 0 spiro atoms. The van der Waals surface area contributed by atoms with Crippen molar-refractivity contribution in [2.24, 2.45) is 5.92 Å². The van der Waals surface area contributed by atoms with Gasteiger partial charge in [-0.1, -0.05) is 41.9 Å². The molecule has 2 heterocycles. The number of aromatic amines is 1. The van der Waals surface area contributed by atoms with E-state index in [2.05, 4.69) is 40.7 Å². The molecule has 0 saturated heterocycles. The SMILES string of the molecule is COC(=O)NC(C(=O)n1cc(OC(F)F)cc1-c1ncc(-c2ccc(Br)cc2)[nH]1)C(C)C. The Bertz CT molecular complexity index is 1100. The fraction of sp³-hybridized carbons (Fsp3) is 0.286. The number of H-pyrrole nitrogens is 1. The van der Waals surface area contributed by atoms with Gasteiger partial charge >= 0.3 is 12.7 Å². The quantitative estimate of drug-likeness (QED) is 0.469. The fourth-order valence-corrected chi connectivity index (χ4v) is 3.31. The van der Waals surface area contributed by atoms with Gasteiger partial charge in [-0.3, -0.25) is 9.36 Å². The average molecular weight is 511 g/mol. The number of rotatable bonds is 7. The van der Waals surface area contributed by atoms with Gasteiger partial charge in [0, 0.05) is 10.5 Å². The molecule has 1 aromatic carbocycles. The van der Waals surface area contributed by atoms with E-state index in [9.17, 15) is 18.4 Å². The minimum atomic E-state index is -3.07. The van der Waals surface area contributed by atoms with Gasteiger partial charge < -0.3 is 19.8 Å². The standard InChI is InChI=1S/C21H21BrF2N4O4/c1-11(2)17(27-21(30)31-3)19(29)28-10-14(32-20(23)24)8-16(28)18-25-9-15(26-18)12-4-6-13(22)7-5-12/h4-11,17,20H,1-3H3,(H,25,26)(H,27,30). The van der Waals surface area contributed by atoms with Crippen LogP contribution in [0.15, 0.2) is 47.2 Å². The second-order valence-corrected chi connectivity index (χ2v) is 8.07. The first kappa shape index (κ1) is 23.5. The number of benzene rings is 1. The molecule has 0 saturated carbocycles. The number of carbonyl (C=O) groups excluding carboxylic acids is 2. The molecule has 11 heteroatoms. The highest BCUT2D eigenvalue weighted by atomic mass is 79.9. The van der Waals surface area contributed by atoms with E-state index < -0.39 is 24.7 Å². The van der Waals surface area contributed by atoms with E-state index in [1.54, 1.807) is 20.0 Å². The van der Waals surface area contributed by atoms with Gasteiger partial charge in [-0.05, 0) is 23.6 Å². The molecule has 2 aromatic heterocycles. The van der Waals surface area contributed by atoms with Gasteiger partial charge in [0.1, 0.15) is 11.8 Å². The molecule has 3 aromatic rings. The van der Waals surface area contributed by atoms with E-state index >= 15 is 0 Å². The molecule has 3 rings (SSSR count). The van der Waals surface area contributed by atoms with Crippen LogP contribution in [0.1, 0.15) is 18.6 Å². The predicted octanol–water partition coefficient (Wildman–Crippen LogP) is 4.93. The van der Waals surface area contributed by atoms with Crippen molar-refractivity contribution in [3.63, 3.8) is 0 Å². The number of halogens is 3. The number of nitrogens with one attached hydrogen (secondary N) is 2. The van der Waals surface area contributed by atoms with Gasteiger partial charge in [0.05, 0.1) is 30.9 Å². The van der Waals surface area contributed by atoms with Crippen LogP contribution in [0.5, 0.6) is 5.75 Å². The van der Waals surface area contributed by atoms with Crippen molar-refractivity contribution in [3.8, 4) is 28.5 Å². The maximum absolute atomic E-state index is 13.2. The van der Waals surface area contributed by atoms with E-state index in [1.807, 2.05) is 24.3 Å². The number of carbonyl (C=O) groups is 2. The van der Waals surface area contributed by atoms with Gasteiger partial charge in [-0.25, -0.2) is 9.78 Å². The van der Waals surface area contributed by atoms with Gasteiger partial charge in [-0.15, -0.1) is 0 Å². The maximum atomic E-state index is 13.2. The number of ether oxygens (including phenoxy) is 2. The van der Waals surface area contributed by atoms with Crippen molar-refractivity contribution in [2.75, 3.05) is 7.11 Å². The highest BCUT2D eigenvalue weighted by Gasteiger charge is 2.29. The number of hydrogen-bond donors (Lipinski definition) is 2. The number of nitrogens with zero attached hydrogens (tertiary/aromatic N) is 2. The van der Waals surface area contributed by atoms with Crippen molar-refractivity contribution in [3.05, 3.63) is 47.2 Å². The van der Waals surface area contributed by atoms with Crippen LogP contribution in [0.3, 0.4) is 0 Å². The molecule has 170 valence electrons. The molecular formula is C21H21BrF2N4O4. The molecule has 0 fully saturated rings. The summed E-state index contributed by atoms with van der Waals surface area (Å²) in [6.45, 7) is 0.394. The van der Waals surface area contributed by atoms with Crippen LogP contribution in [-0.4, -0.2) is 46.3 Å². The second-order valence-electron chi connectivity index (χ2n) is 7.16. The number of alkyl halides is 2. The van der Waals surface area contributed by atoms with E-state index in [0.717, 1.165) is 20.8 Å². The molecule has 0 aliphatic rings. The number of amides is 1. The summed E-state index contributed by atoms with van der Waals surface area (Å²) in [5.41, 5.74) is 1.70. The first-order valence-corrected chi connectivity index (χ1v) is 10.4. The van der Waals surface area contributed by atoms with E-state index in [0.29, 0.717) is 5.69 Å². The van der Waals surface area contributed by atoms with Crippen LogP contribution in [0.2, 0.25) is 0 Å². The summed E-state index contributed by atoms with van der Waals surface area (Å²) in [7, 11) is 1.18. The van der Waals surface area contributed by atoms with Crippen molar-refractivity contribution in [2.45, 2.75) is 26.5 Å². The molecule has 1 unspecified atom stereocenters. The van der Waals surface area contributed by atoms with Gasteiger partial charge in [0.25, 0.3) is 5.91 Å². The Kier molecular flexibility index (Phi) is 7.29. The lowest BCUT2D eigenvalue weighted by Gasteiger charge is -2.21. The Hall–Kier alpha value is -3.21. The molecule has 2 N–H and O–H groups in total. The monoisotopic (exact) mass is 510 g/mol. The number of hydrogen-bond acceptors (Lipinski definition) is 5. The number of alkyl carbamates (subject to hydrolysis) is 1. The minimum absolute atomic E-state index is 0.200. The first-order chi connectivity index (χ1) is 15.2. The molecule has 1 amide bonds. The molecule has 32 heavy (non-hydrogen) atoms. The summed E-state index contributed by atoms with van der Waals surface area (Å²) in [5, 5.41) is 2.47. The maximum Gasteiger partial charge on any atom is 0.407 e. The molecule has 0 radical (unpaired) electrons. The van der Waals surface area contributed by atoms with Crippen molar-refractivity contribution in [1.29, 1.82) is 0 Å². The lowest BCUT2D eigenvalue weighted by atomic mass is 10.0. The topological polar surface area (TPSA) is 98.2 Å². The summed E-state index contributed by atoms with van der Waals surface area (Å²) in [5.74, 6) is -0.830. The Balaban J connectivity index is 2.02. The average Bonchev–Trinajstić information content (AvgIpc) is 3.38. The van der Waals surface area contributed by atoms with Crippen LogP contribution in [0.4, 0.5) is 13.6 Å². The first-order valence-electron chi connectivity index (χ1n) is 9.56. The summed E-state index contributed by atoms with van der Waals surface area (Å²) < 4.78 is 36.7. The summed E-state index contributed by atoms with van der Waals surface area (Å²) in [6, 6.07) is 7.76. The second kappa shape index (κ2) is 9.94. The third-order valence-corrected chi connectivity index (χ3v) is 5.15. The zero-order chi connectivity index (χ0) is 23.4. The van der Waals surface area contributed by atoms with Gasteiger partial charge in [0.2, 0.25) is 0 Å². The molecule has 1 atom stereocenters. The number of methoxy groups -OCH3 is 1. The van der Waals surface area contributed by atoms with Crippen molar-refractivity contribution >= 4 is 27.9 Å². The van der Waals surface area contributed by atoms with Crippen LogP contribution >= 0.6 is 15.9 Å². The highest BCUT2D eigenvalue weighted by Crippen LogP contribution is 2.29. The largest absolute Gasteiger partial charge is 0.453 e. The lowest BCUT2D eigenvalue weighted by molar-refractivity contribution is -0.0498. The van der Waals surface area contributed by atoms with E-state index in [1.165, 1.54) is 13.2 Å². The van der Waals surface area contributed by atoms with E-state index in [4.69, 9.17) is 0 Å². The molecular weight excluding hydrogens is 490 g/mol. The predicted molar refractivity (Wildman–Crippen MR) is 117 cm³/mol. The zero-order valence-electron chi connectivity index (χ0n) is 17.4. The smallest absolute Gasteiger partial charge is 0.407 e. The zero-order valence-corrected chi connectivity index (χ0v) is 19.0. The Morgan fingerprint density at radius 2 is 1.91 bits per heavy atom. The van der Waals surface area contributed by atoms with Crippen LogP contribution in [-0.2, 0) is 4.74 Å². The van der Waals surface area contributed by atoms with E-state index in [-0.39, 0.29) is 23.2 Å². The van der Waals surface area contributed by atoms with Crippen molar-refractivity contribution < 1.29 is 27.8 Å². The Labute approximate surface area is 191 Å². The van der Waals surface area contributed by atoms with Gasteiger partial charge in [0.15, 0.2) is 5.82 Å². The third-order valence-electron chi connectivity index (χ3n) is 4.62. The molecule has 8 nitrogen and oxygen atoms in total. The Morgan fingerprint density at radius 3 is 2.50 bits per heavy atom. The van der Waals surface area contributed by atoms with Crippen molar-refractivity contribution in [1.82, 2.24) is 19.9 Å². The molecule has 0 bridgehead atoms. The Morgan fingerprint density at radius 1 is 1.22 bits per heavy atom. The van der Waals surface area contributed by atoms with Crippen LogP contribution in [0, 0.1) is 5.92 Å². The van der Waals surface area contributed by atoms with Gasteiger partial charge in [-0.2, -0.15) is 8.78 Å². The normalized spacial score (nSPS) is 12.1. The number of imidazole rings is 1. The highest BCUT2D eigenvalue weighted by molar-refractivity contribution is 9.10. The summed E-state index contributed by atoms with van der Waals surface area (Å²) in [4.78, 5) is 32.4. The third kappa shape index (κ3) is 5.34. The number of aromatic nitrogens is 3.